The van der Waals surface area contributed by atoms with Crippen LogP contribution in [-0.4, -0.2) is 26.2 Å². The quantitative estimate of drug-likeness (QED) is 0.844. The van der Waals surface area contributed by atoms with Gasteiger partial charge in [-0.3, -0.25) is 0 Å². The molecular formula is C21H21ClN4. The van der Waals surface area contributed by atoms with E-state index >= 15 is 0 Å². The van der Waals surface area contributed by atoms with Crippen LogP contribution in [0.25, 0.3) is 0 Å². The number of hydrogen-bond acceptors (Lipinski definition) is 4. The summed E-state index contributed by atoms with van der Waals surface area (Å²) < 4.78 is 0. The molecule has 3 heterocycles. The van der Waals surface area contributed by atoms with Crippen molar-refractivity contribution in [1.82, 2.24) is 5.32 Å². The van der Waals surface area contributed by atoms with Gasteiger partial charge in [-0.05, 0) is 60.2 Å². The summed E-state index contributed by atoms with van der Waals surface area (Å²) in [5.41, 5.74) is 6.82. The highest BCUT2D eigenvalue weighted by Crippen LogP contribution is 2.46. The molecule has 2 aromatic carbocycles. The van der Waals surface area contributed by atoms with Crippen LogP contribution in [0, 0.1) is 17.2 Å². The number of rotatable bonds is 2. The number of aryl methyl sites for hydroxylation is 1. The van der Waals surface area contributed by atoms with Crippen LogP contribution in [0.15, 0.2) is 30.3 Å². The van der Waals surface area contributed by atoms with Crippen molar-refractivity contribution < 1.29 is 0 Å². The Balaban J connectivity index is 1.59. The van der Waals surface area contributed by atoms with Crippen molar-refractivity contribution in [3.63, 3.8) is 0 Å². The minimum absolute atomic E-state index is 0.592. The Morgan fingerprint density at radius 1 is 1.23 bits per heavy atom. The number of benzene rings is 2. The Hall–Kier alpha value is -2.22. The highest BCUT2D eigenvalue weighted by atomic mass is 35.5. The maximum atomic E-state index is 9.40. The summed E-state index contributed by atoms with van der Waals surface area (Å²) >= 11 is 6.15. The van der Waals surface area contributed by atoms with E-state index in [9.17, 15) is 5.26 Å². The summed E-state index contributed by atoms with van der Waals surface area (Å²) in [6, 6.07) is 12.2. The lowest BCUT2D eigenvalue weighted by molar-refractivity contribution is 0.470. The molecule has 2 unspecified atom stereocenters. The molecule has 2 aromatic rings. The zero-order chi connectivity index (χ0) is 17.7. The highest BCUT2D eigenvalue weighted by molar-refractivity contribution is 6.30. The standard InChI is InChI=1S/C21H21ClN4/c22-16-4-3-14(9-23)20(7-16)25-17-6-13-2-1-5-26-12-15-10-24-11-19(15)18(8-17)21(13)26/h3-4,6-8,15,19,24-25H,1-2,5,10-12H2. The van der Waals surface area contributed by atoms with Gasteiger partial charge in [-0.1, -0.05) is 11.6 Å². The number of nitrogens with one attached hydrogen (secondary N) is 2. The van der Waals surface area contributed by atoms with Crippen LogP contribution in [0.3, 0.4) is 0 Å². The summed E-state index contributed by atoms with van der Waals surface area (Å²) in [4.78, 5) is 2.59. The number of halogens is 1. The maximum absolute atomic E-state index is 9.40. The molecule has 3 aliphatic rings. The third-order valence-corrected chi connectivity index (χ3v) is 6.22. The van der Waals surface area contributed by atoms with Gasteiger partial charge in [0.05, 0.1) is 11.3 Å². The van der Waals surface area contributed by atoms with E-state index in [0.717, 1.165) is 30.9 Å². The van der Waals surface area contributed by atoms with Crippen LogP contribution in [0.4, 0.5) is 17.1 Å². The number of anilines is 3. The van der Waals surface area contributed by atoms with Crippen LogP contribution in [0.2, 0.25) is 5.02 Å². The first-order valence-corrected chi connectivity index (χ1v) is 9.70. The largest absolute Gasteiger partial charge is 0.371 e. The van der Waals surface area contributed by atoms with Crippen molar-refractivity contribution >= 4 is 28.7 Å². The monoisotopic (exact) mass is 364 g/mol. The van der Waals surface area contributed by atoms with Crippen LogP contribution >= 0.6 is 11.6 Å². The number of nitrogens with zero attached hydrogens (tertiary/aromatic N) is 2. The average molecular weight is 365 g/mol. The molecule has 5 heteroatoms. The van der Waals surface area contributed by atoms with Gasteiger partial charge in [0.15, 0.2) is 0 Å². The lowest BCUT2D eigenvalue weighted by Gasteiger charge is -2.42. The normalized spacial score (nSPS) is 23.2. The fraction of sp³-hybridized carbons (Fsp3) is 0.381. The molecular weight excluding hydrogens is 344 g/mol. The fourth-order valence-electron chi connectivity index (χ4n) is 4.85. The lowest BCUT2D eigenvalue weighted by atomic mass is 9.80. The molecule has 0 spiro atoms. The van der Waals surface area contributed by atoms with Gasteiger partial charge in [-0.15, -0.1) is 0 Å². The van der Waals surface area contributed by atoms with E-state index < -0.39 is 0 Å². The van der Waals surface area contributed by atoms with E-state index in [4.69, 9.17) is 11.6 Å². The topological polar surface area (TPSA) is 51.1 Å². The molecule has 0 saturated carbocycles. The van der Waals surface area contributed by atoms with E-state index in [0.29, 0.717) is 22.4 Å². The molecule has 1 saturated heterocycles. The minimum Gasteiger partial charge on any atom is -0.371 e. The molecule has 0 amide bonds. The molecule has 1 fully saturated rings. The first kappa shape index (κ1) is 16.0. The Morgan fingerprint density at radius 2 is 2.15 bits per heavy atom. The van der Waals surface area contributed by atoms with Crippen molar-refractivity contribution in [3.05, 3.63) is 52.0 Å². The van der Waals surface area contributed by atoms with Gasteiger partial charge in [0, 0.05) is 48.5 Å². The second-order valence-corrected chi connectivity index (χ2v) is 8.01. The Morgan fingerprint density at radius 3 is 3.04 bits per heavy atom. The first-order valence-electron chi connectivity index (χ1n) is 9.32. The number of nitriles is 1. The molecule has 26 heavy (non-hydrogen) atoms. The van der Waals surface area contributed by atoms with Gasteiger partial charge in [0.2, 0.25) is 0 Å². The molecule has 0 bridgehead atoms. The third kappa shape index (κ3) is 2.55. The van der Waals surface area contributed by atoms with E-state index in [1.807, 2.05) is 6.07 Å². The summed E-state index contributed by atoms with van der Waals surface area (Å²) in [5.74, 6) is 1.29. The molecule has 132 valence electrons. The van der Waals surface area contributed by atoms with Gasteiger partial charge < -0.3 is 15.5 Å². The van der Waals surface area contributed by atoms with Crippen LogP contribution in [-0.2, 0) is 6.42 Å². The zero-order valence-electron chi connectivity index (χ0n) is 14.6. The molecule has 0 aliphatic carbocycles. The second kappa shape index (κ2) is 6.19. The summed E-state index contributed by atoms with van der Waals surface area (Å²) in [5, 5.41) is 17.1. The van der Waals surface area contributed by atoms with Crippen molar-refractivity contribution in [2.75, 3.05) is 36.4 Å². The summed E-state index contributed by atoms with van der Waals surface area (Å²) in [6.45, 7) is 4.52. The number of fused-ring (bicyclic) bond motifs is 2. The van der Waals surface area contributed by atoms with Crippen molar-refractivity contribution in [3.8, 4) is 6.07 Å². The highest BCUT2D eigenvalue weighted by Gasteiger charge is 2.38. The van der Waals surface area contributed by atoms with Gasteiger partial charge in [0.1, 0.15) is 6.07 Å². The molecule has 0 radical (unpaired) electrons. The van der Waals surface area contributed by atoms with E-state index in [-0.39, 0.29) is 0 Å². The first-order chi connectivity index (χ1) is 12.7. The summed E-state index contributed by atoms with van der Waals surface area (Å²) in [7, 11) is 0. The van der Waals surface area contributed by atoms with Gasteiger partial charge >= 0.3 is 0 Å². The molecule has 5 rings (SSSR count). The van der Waals surface area contributed by atoms with E-state index in [1.54, 1.807) is 12.1 Å². The molecule has 2 N–H and O–H groups in total. The van der Waals surface area contributed by atoms with Crippen LogP contribution < -0.4 is 15.5 Å². The maximum Gasteiger partial charge on any atom is 0.101 e. The van der Waals surface area contributed by atoms with Crippen molar-refractivity contribution in [1.29, 1.82) is 5.26 Å². The fourth-order valence-corrected chi connectivity index (χ4v) is 5.02. The Kier molecular flexibility index (Phi) is 3.81. The van der Waals surface area contributed by atoms with Crippen LogP contribution in [0.5, 0.6) is 0 Å². The lowest BCUT2D eigenvalue weighted by Crippen LogP contribution is -2.41. The molecule has 3 aliphatic heterocycles. The van der Waals surface area contributed by atoms with Gasteiger partial charge in [-0.2, -0.15) is 5.26 Å². The predicted octanol–water partition coefficient (Wildman–Crippen LogP) is 4.02. The smallest absolute Gasteiger partial charge is 0.101 e. The molecule has 0 aromatic heterocycles. The third-order valence-electron chi connectivity index (χ3n) is 5.98. The van der Waals surface area contributed by atoms with Crippen molar-refractivity contribution in [2.45, 2.75) is 18.8 Å². The zero-order valence-corrected chi connectivity index (χ0v) is 15.3. The van der Waals surface area contributed by atoms with Gasteiger partial charge in [0.25, 0.3) is 0 Å². The number of hydrogen-bond donors (Lipinski definition) is 2. The average Bonchev–Trinajstić information content (AvgIpc) is 3.11. The Bertz CT molecular complexity index is 917. The second-order valence-electron chi connectivity index (χ2n) is 7.57. The minimum atomic E-state index is 0.592. The Labute approximate surface area is 158 Å². The van der Waals surface area contributed by atoms with Gasteiger partial charge in [-0.25, -0.2) is 0 Å². The molecule has 4 nitrogen and oxygen atoms in total. The SMILES string of the molecule is N#Cc1ccc(Cl)cc1Nc1cc2c3c(c1)C1CNCC1CN3CCC2. The predicted molar refractivity (Wildman–Crippen MR) is 106 cm³/mol. The van der Waals surface area contributed by atoms with E-state index in [2.05, 4.69) is 33.7 Å². The summed E-state index contributed by atoms with van der Waals surface area (Å²) in [6.07, 6.45) is 2.33. The van der Waals surface area contributed by atoms with Crippen molar-refractivity contribution in [2.24, 2.45) is 5.92 Å². The molecule has 2 atom stereocenters. The van der Waals surface area contributed by atoms with Crippen LogP contribution in [0.1, 0.15) is 29.0 Å². The van der Waals surface area contributed by atoms with E-state index in [1.165, 1.54) is 36.3 Å².